The van der Waals surface area contributed by atoms with E-state index in [1.807, 2.05) is 18.7 Å². The van der Waals surface area contributed by atoms with Crippen molar-refractivity contribution in [1.82, 2.24) is 19.8 Å². The lowest BCUT2D eigenvalue weighted by molar-refractivity contribution is 0.0637. The highest BCUT2D eigenvalue weighted by Gasteiger charge is 2.22. The van der Waals surface area contributed by atoms with Gasteiger partial charge in [0.2, 0.25) is 0 Å². The molecule has 1 aromatic rings. The molecular formula is C14H23N5O. The van der Waals surface area contributed by atoms with Crippen LogP contribution in [-0.2, 0) is 0 Å². The van der Waals surface area contributed by atoms with Crippen LogP contribution in [-0.4, -0.2) is 64.4 Å². The first kappa shape index (κ1) is 14.7. The minimum absolute atomic E-state index is 0.00467. The van der Waals surface area contributed by atoms with Crippen LogP contribution in [0.25, 0.3) is 0 Å². The lowest BCUT2D eigenvalue weighted by Crippen LogP contribution is -2.48. The van der Waals surface area contributed by atoms with Crippen LogP contribution in [0.4, 0.5) is 5.82 Å². The molecule has 1 fully saturated rings. The summed E-state index contributed by atoms with van der Waals surface area (Å²) in [7, 11) is 0. The van der Waals surface area contributed by atoms with Crippen molar-refractivity contribution in [2.45, 2.75) is 26.8 Å². The van der Waals surface area contributed by atoms with E-state index in [2.05, 4.69) is 27.1 Å². The molecule has 0 atom stereocenters. The average molecular weight is 277 g/mol. The maximum Gasteiger partial charge on any atom is 0.272 e. The number of aromatic nitrogens is 2. The Morgan fingerprint density at radius 1 is 1.30 bits per heavy atom. The Hall–Kier alpha value is -1.69. The summed E-state index contributed by atoms with van der Waals surface area (Å²) in [6.07, 6.45) is 1.44. The van der Waals surface area contributed by atoms with E-state index in [1.54, 1.807) is 6.07 Å². The van der Waals surface area contributed by atoms with Crippen molar-refractivity contribution in [3.8, 4) is 0 Å². The smallest absolute Gasteiger partial charge is 0.272 e. The zero-order chi connectivity index (χ0) is 14.5. The zero-order valence-electron chi connectivity index (χ0n) is 12.5. The minimum atomic E-state index is -0.00467. The second kappa shape index (κ2) is 6.65. The highest BCUT2D eigenvalue weighted by molar-refractivity contribution is 5.93. The van der Waals surface area contributed by atoms with Gasteiger partial charge in [-0.15, -0.1) is 0 Å². The maximum atomic E-state index is 12.4. The molecule has 1 aromatic heterocycles. The fourth-order valence-electron chi connectivity index (χ4n) is 2.28. The Balaban J connectivity index is 2.02. The first-order chi connectivity index (χ1) is 9.60. The SMILES string of the molecule is CCN1CCN(C(=O)c2cc(NC(C)C)ncn2)CC1. The van der Waals surface area contributed by atoms with E-state index in [1.165, 1.54) is 6.33 Å². The molecule has 20 heavy (non-hydrogen) atoms. The molecule has 0 spiro atoms. The molecule has 2 heterocycles. The lowest BCUT2D eigenvalue weighted by Gasteiger charge is -2.33. The topological polar surface area (TPSA) is 61.4 Å². The second-order valence-corrected chi connectivity index (χ2v) is 5.31. The van der Waals surface area contributed by atoms with Gasteiger partial charge in [0.05, 0.1) is 0 Å². The molecule has 6 nitrogen and oxygen atoms in total. The summed E-state index contributed by atoms with van der Waals surface area (Å²) in [4.78, 5) is 24.9. The molecule has 0 radical (unpaired) electrons. The summed E-state index contributed by atoms with van der Waals surface area (Å²) >= 11 is 0. The minimum Gasteiger partial charge on any atom is -0.368 e. The normalized spacial score (nSPS) is 16.5. The van der Waals surface area contributed by atoms with Crippen LogP contribution < -0.4 is 5.32 Å². The summed E-state index contributed by atoms with van der Waals surface area (Å²) < 4.78 is 0. The van der Waals surface area contributed by atoms with Crippen molar-refractivity contribution in [1.29, 1.82) is 0 Å². The first-order valence-corrected chi connectivity index (χ1v) is 7.20. The fourth-order valence-corrected chi connectivity index (χ4v) is 2.28. The molecule has 0 aliphatic carbocycles. The molecule has 0 aromatic carbocycles. The monoisotopic (exact) mass is 277 g/mol. The van der Waals surface area contributed by atoms with Crippen molar-refractivity contribution in [2.75, 3.05) is 38.0 Å². The van der Waals surface area contributed by atoms with Gasteiger partial charge in [-0.25, -0.2) is 9.97 Å². The number of carbonyl (C=O) groups excluding carboxylic acids is 1. The van der Waals surface area contributed by atoms with E-state index >= 15 is 0 Å². The van der Waals surface area contributed by atoms with Gasteiger partial charge < -0.3 is 15.1 Å². The Morgan fingerprint density at radius 2 is 2.00 bits per heavy atom. The van der Waals surface area contributed by atoms with E-state index in [-0.39, 0.29) is 11.9 Å². The van der Waals surface area contributed by atoms with Gasteiger partial charge in [0.15, 0.2) is 0 Å². The summed E-state index contributed by atoms with van der Waals surface area (Å²) in [6.45, 7) is 10.7. The number of carbonyl (C=O) groups is 1. The average Bonchev–Trinajstić information content (AvgIpc) is 2.46. The number of nitrogens with zero attached hydrogens (tertiary/aromatic N) is 4. The maximum absolute atomic E-state index is 12.4. The van der Waals surface area contributed by atoms with Gasteiger partial charge in [-0.1, -0.05) is 6.92 Å². The number of hydrogen-bond acceptors (Lipinski definition) is 5. The number of hydrogen-bond donors (Lipinski definition) is 1. The summed E-state index contributed by atoms with van der Waals surface area (Å²) in [5.74, 6) is 0.695. The standard InChI is InChI=1S/C14H23N5O/c1-4-18-5-7-19(8-6-18)14(20)12-9-13(16-10-15-12)17-11(2)3/h9-11H,4-8H2,1-3H3,(H,15,16,17). The quantitative estimate of drug-likeness (QED) is 0.892. The number of nitrogens with one attached hydrogen (secondary N) is 1. The molecular weight excluding hydrogens is 254 g/mol. The molecule has 0 saturated carbocycles. The van der Waals surface area contributed by atoms with E-state index < -0.39 is 0 Å². The van der Waals surface area contributed by atoms with Crippen molar-refractivity contribution in [2.24, 2.45) is 0 Å². The molecule has 110 valence electrons. The molecule has 1 saturated heterocycles. The third-order valence-corrected chi connectivity index (χ3v) is 3.43. The van der Waals surface area contributed by atoms with Gasteiger partial charge in [-0.05, 0) is 20.4 Å². The Morgan fingerprint density at radius 3 is 2.60 bits per heavy atom. The number of likely N-dealkylation sites (N-methyl/N-ethyl adjacent to an activating group) is 1. The van der Waals surface area contributed by atoms with Crippen molar-refractivity contribution in [3.05, 3.63) is 18.1 Å². The number of anilines is 1. The van der Waals surface area contributed by atoms with Crippen LogP contribution in [0, 0.1) is 0 Å². The summed E-state index contributed by atoms with van der Waals surface area (Å²) in [5.41, 5.74) is 0.466. The van der Waals surface area contributed by atoms with Crippen LogP contribution in [0.1, 0.15) is 31.3 Å². The molecule has 1 amide bonds. The highest BCUT2D eigenvalue weighted by atomic mass is 16.2. The van der Waals surface area contributed by atoms with Gasteiger partial charge in [0.1, 0.15) is 17.8 Å². The predicted molar refractivity (Wildman–Crippen MR) is 78.8 cm³/mol. The van der Waals surface area contributed by atoms with Crippen LogP contribution >= 0.6 is 0 Å². The summed E-state index contributed by atoms with van der Waals surface area (Å²) in [5, 5.41) is 3.19. The Bertz CT molecular complexity index is 455. The molecule has 1 N–H and O–H groups in total. The third-order valence-electron chi connectivity index (χ3n) is 3.43. The van der Waals surface area contributed by atoms with Crippen molar-refractivity contribution < 1.29 is 4.79 Å². The predicted octanol–water partition coefficient (Wildman–Crippen LogP) is 1.07. The van der Waals surface area contributed by atoms with Gasteiger partial charge in [0, 0.05) is 38.3 Å². The molecule has 0 unspecified atom stereocenters. The zero-order valence-corrected chi connectivity index (χ0v) is 12.5. The summed E-state index contributed by atoms with van der Waals surface area (Å²) in [6, 6.07) is 2.01. The van der Waals surface area contributed by atoms with Gasteiger partial charge >= 0.3 is 0 Å². The van der Waals surface area contributed by atoms with E-state index in [0.29, 0.717) is 11.5 Å². The largest absolute Gasteiger partial charge is 0.368 e. The number of amides is 1. The second-order valence-electron chi connectivity index (χ2n) is 5.31. The highest BCUT2D eigenvalue weighted by Crippen LogP contribution is 2.10. The molecule has 1 aliphatic heterocycles. The van der Waals surface area contributed by atoms with E-state index in [0.717, 1.165) is 32.7 Å². The fraction of sp³-hybridized carbons (Fsp3) is 0.643. The van der Waals surface area contributed by atoms with E-state index in [9.17, 15) is 4.79 Å². The third kappa shape index (κ3) is 3.66. The van der Waals surface area contributed by atoms with Gasteiger partial charge in [-0.2, -0.15) is 0 Å². The van der Waals surface area contributed by atoms with Gasteiger partial charge in [-0.3, -0.25) is 4.79 Å². The van der Waals surface area contributed by atoms with Crippen molar-refractivity contribution in [3.63, 3.8) is 0 Å². The van der Waals surface area contributed by atoms with Crippen molar-refractivity contribution >= 4 is 11.7 Å². The number of piperazine rings is 1. The van der Waals surface area contributed by atoms with Crippen LogP contribution in [0.3, 0.4) is 0 Å². The van der Waals surface area contributed by atoms with Crippen LogP contribution in [0.15, 0.2) is 12.4 Å². The Kier molecular flexibility index (Phi) is 4.89. The molecule has 6 heteroatoms. The van der Waals surface area contributed by atoms with Crippen LogP contribution in [0.2, 0.25) is 0 Å². The van der Waals surface area contributed by atoms with Gasteiger partial charge in [0.25, 0.3) is 5.91 Å². The first-order valence-electron chi connectivity index (χ1n) is 7.20. The molecule has 2 rings (SSSR count). The van der Waals surface area contributed by atoms with E-state index in [4.69, 9.17) is 0 Å². The van der Waals surface area contributed by atoms with Crippen LogP contribution in [0.5, 0.6) is 0 Å². The Labute approximate surface area is 120 Å². The lowest BCUT2D eigenvalue weighted by atomic mass is 10.2. The molecule has 1 aliphatic rings. The number of rotatable bonds is 4. The molecule has 0 bridgehead atoms.